The van der Waals surface area contributed by atoms with Gasteiger partial charge in [0.05, 0.1) is 10.2 Å². The summed E-state index contributed by atoms with van der Waals surface area (Å²) in [6, 6.07) is 13.2. The van der Waals surface area contributed by atoms with Gasteiger partial charge in [-0.3, -0.25) is 14.5 Å². The molecule has 1 aliphatic heterocycles. The summed E-state index contributed by atoms with van der Waals surface area (Å²) in [7, 11) is 0. The normalized spacial score (nSPS) is 22.4. The molecule has 4 amide bonds. The van der Waals surface area contributed by atoms with E-state index in [2.05, 4.69) is 30.5 Å². The van der Waals surface area contributed by atoms with E-state index in [4.69, 9.17) is 4.98 Å². The molecule has 0 bridgehead atoms. The number of urea groups is 1. The van der Waals surface area contributed by atoms with E-state index >= 15 is 0 Å². The highest BCUT2D eigenvalue weighted by atomic mass is 32.1. The molecular formula is C26H28N4O3S. The minimum absolute atomic E-state index is 0.274. The minimum Gasteiger partial charge on any atom is -0.325 e. The Morgan fingerprint density at radius 2 is 1.91 bits per heavy atom. The zero-order chi connectivity index (χ0) is 23.9. The smallest absolute Gasteiger partial charge is 0.325 e. The van der Waals surface area contributed by atoms with Crippen LogP contribution in [0, 0.1) is 12.8 Å². The van der Waals surface area contributed by atoms with Crippen molar-refractivity contribution < 1.29 is 14.4 Å². The lowest BCUT2D eigenvalue weighted by Gasteiger charge is -2.34. The zero-order valence-corrected chi connectivity index (χ0v) is 20.2. The van der Waals surface area contributed by atoms with Crippen molar-refractivity contribution in [2.45, 2.75) is 51.5 Å². The maximum Gasteiger partial charge on any atom is 0.325 e. The third kappa shape index (κ3) is 4.18. The van der Waals surface area contributed by atoms with Gasteiger partial charge in [-0.1, -0.05) is 19.4 Å². The molecular weight excluding hydrogens is 448 g/mol. The number of thiazole rings is 1. The molecule has 3 aromatic rings. The fourth-order valence-corrected chi connectivity index (χ4v) is 6.00. The fraction of sp³-hybridized carbons (Fsp3) is 0.385. The lowest BCUT2D eigenvalue weighted by molar-refractivity contribution is -0.135. The third-order valence-electron chi connectivity index (χ3n) is 7.04. The molecule has 2 aliphatic rings. The molecule has 5 rings (SSSR count). The average molecular weight is 477 g/mol. The highest BCUT2D eigenvalue weighted by molar-refractivity contribution is 7.21. The van der Waals surface area contributed by atoms with Crippen LogP contribution in [0.1, 0.15) is 44.6 Å². The topological polar surface area (TPSA) is 91.4 Å². The number of hydrogen-bond acceptors (Lipinski definition) is 5. The summed E-state index contributed by atoms with van der Waals surface area (Å²) in [6.45, 7) is 3.93. The molecule has 7 nitrogen and oxygen atoms in total. The molecule has 1 aliphatic carbocycles. The largest absolute Gasteiger partial charge is 0.325 e. The molecule has 0 radical (unpaired) electrons. The Labute approximate surface area is 202 Å². The summed E-state index contributed by atoms with van der Waals surface area (Å²) < 4.78 is 1.14. The van der Waals surface area contributed by atoms with E-state index in [0.29, 0.717) is 24.4 Å². The SMILES string of the molecule is CCC1CCC2(CC1)NC(=O)N(CC(=O)Nc1ccc(-c3nc4ccc(C)cc4s3)cc1)C2=O. The Kier molecular flexibility index (Phi) is 5.85. The van der Waals surface area contributed by atoms with Crippen molar-refractivity contribution in [1.82, 2.24) is 15.2 Å². The van der Waals surface area contributed by atoms with Crippen molar-refractivity contribution in [2.75, 3.05) is 11.9 Å². The molecule has 8 heteroatoms. The summed E-state index contributed by atoms with van der Waals surface area (Å²) in [5.74, 6) is -0.0721. The van der Waals surface area contributed by atoms with E-state index in [9.17, 15) is 14.4 Å². The van der Waals surface area contributed by atoms with Crippen LogP contribution in [0.3, 0.4) is 0 Å². The van der Waals surface area contributed by atoms with Gasteiger partial charge in [-0.2, -0.15) is 0 Å². The molecule has 2 N–H and O–H groups in total. The summed E-state index contributed by atoms with van der Waals surface area (Å²) in [6.07, 6.45) is 4.20. The van der Waals surface area contributed by atoms with Crippen LogP contribution in [-0.2, 0) is 9.59 Å². The number of fused-ring (bicyclic) bond motifs is 1. The van der Waals surface area contributed by atoms with E-state index in [0.717, 1.165) is 45.0 Å². The first kappa shape index (κ1) is 22.5. The van der Waals surface area contributed by atoms with Gasteiger partial charge in [0.15, 0.2) is 0 Å². The molecule has 176 valence electrons. The highest BCUT2D eigenvalue weighted by Gasteiger charge is 2.52. The van der Waals surface area contributed by atoms with Gasteiger partial charge in [0.2, 0.25) is 5.91 Å². The number of carbonyl (C=O) groups excluding carboxylic acids is 3. The Bertz CT molecular complexity index is 1260. The lowest BCUT2D eigenvalue weighted by Crippen LogP contribution is -2.49. The predicted octanol–water partition coefficient (Wildman–Crippen LogP) is 5.10. The molecule has 1 spiro atoms. The number of anilines is 1. The number of nitrogens with one attached hydrogen (secondary N) is 2. The van der Waals surface area contributed by atoms with Gasteiger partial charge in [0.1, 0.15) is 17.1 Å². The van der Waals surface area contributed by atoms with Gasteiger partial charge in [-0.25, -0.2) is 9.78 Å². The lowest BCUT2D eigenvalue weighted by atomic mass is 9.75. The number of aryl methyl sites for hydroxylation is 1. The first-order valence-electron chi connectivity index (χ1n) is 11.8. The number of nitrogens with zero attached hydrogens (tertiary/aromatic N) is 2. The first-order valence-corrected chi connectivity index (χ1v) is 12.6. The molecule has 1 aromatic heterocycles. The Morgan fingerprint density at radius 3 is 2.62 bits per heavy atom. The number of rotatable bonds is 5. The number of benzene rings is 2. The zero-order valence-electron chi connectivity index (χ0n) is 19.4. The van der Waals surface area contributed by atoms with Gasteiger partial charge in [-0.05, 0) is 80.5 Å². The number of aromatic nitrogens is 1. The second-order valence-electron chi connectivity index (χ2n) is 9.37. The van der Waals surface area contributed by atoms with Crippen LogP contribution in [0.5, 0.6) is 0 Å². The third-order valence-corrected chi connectivity index (χ3v) is 8.11. The van der Waals surface area contributed by atoms with Crippen molar-refractivity contribution in [2.24, 2.45) is 5.92 Å². The average Bonchev–Trinajstić information content (AvgIpc) is 3.34. The van der Waals surface area contributed by atoms with Crippen LogP contribution < -0.4 is 10.6 Å². The van der Waals surface area contributed by atoms with E-state index in [1.807, 2.05) is 36.4 Å². The number of hydrogen-bond donors (Lipinski definition) is 2. The van der Waals surface area contributed by atoms with Crippen molar-refractivity contribution in [3.63, 3.8) is 0 Å². The molecule has 2 fully saturated rings. The van der Waals surface area contributed by atoms with Crippen molar-refractivity contribution in [3.05, 3.63) is 48.0 Å². The van der Waals surface area contributed by atoms with Crippen LogP contribution in [0.4, 0.5) is 10.5 Å². The Morgan fingerprint density at radius 1 is 1.18 bits per heavy atom. The summed E-state index contributed by atoms with van der Waals surface area (Å²) in [5.41, 5.74) is 2.91. The van der Waals surface area contributed by atoms with Crippen molar-refractivity contribution >= 4 is 45.1 Å². The maximum atomic E-state index is 13.0. The van der Waals surface area contributed by atoms with Gasteiger partial charge in [0.25, 0.3) is 5.91 Å². The van der Waals surface area contributed by atoms with Crippen LogP contribution in [-0.4, -0.2) is 39.8 Å². The summed E-state index contributed by atoms with van der Waals surface area (Å²) in [4.78, 5) is 43.9. The fourth-order valence-electron chi connectivity index (χ4n) is 4.93. The van der Waals surface area contributed by atoms with Crippen LogP contribution in [0.2, 0.25) is 0 Å². The second kappa shape index (κ2) is 8.83. The van der Waals surface area contributed by atoms with Crippen LogP contribution >= 0.6 is 11.3 Å². The molecule has 2 heterocycles. The van der Waals surface area contributed by atoms with Crippen LogP contribution in [0.25, 0.3) is 20.8 Å². The number of carbonyl (C=O) groups is 3. The molecule has 34 heavy (non-hydrogen) atoms. The quantitative estimate of drug-likeness (QED) is 0.501. The highest BCUT2D eigenvalue weighted by Crippen LogP contribution is 2.37. The number of imide groups is 1. The molecule has 2 aromatic carbocycles. The monoisotopic (exact) mass is 476 g/mol. The van der Waals surface area contributed by atoms with Gasteiger partial charge in [0, 0.05) is 11.3 Å². The number of amides is 4. The standard InChI is InChI=1S/C26H28N4O3S/c1-3-17-10-12-26(13-11-17)24(32)30(25(33)29-26)15-22(31)27-19-7-5-18(6-8-19)23-28-20-9-4-16(2)14-21(20)34-23/h4-9,14,17H,3,10-13,15H2,1-2H3,(H,27,31)(H,29,33). The molecule has 1 saturated heterocycles. The minimum atomic E-state index is -0.833. The van der Waals surface area contributed by atoms with Gasteiger partial charge in [-0.15, -0.1) is 11.3 Å². The van der Waals surface area contributed by atoms with Crippen LogP contribution in [0.15, 0.2) is 42.5 Å². The summed E-state index contributed by atoms with van der Waals surface area (Å²) >= 11 is 1.63. The molecule has 0 unspecified atom stereocenters. The summed E-state index contributed by atoms with van der Waals surface area (Å²) in [5, 5.41) is 6.59. The van der Waals surface area contributed by atoms with E-state index in [-0.39, 0.29) is 12.5 Å². The van der Waals surface area contributed by atoms with E-state index in [1.165, 1.54) is 5.56 Å². The molecule has 0 atom stereocenters. The Balaban J connectivity index is 1.22. The van der Waals surface area contributed by atoms with E-state index < -0.39 is 17.5 Å². The predicted molar refractivity (Wildman–Crippen MR) is 134 cm³/mol. The van der Waals surface area contributed by atoms with Crippen molar-refractivity contribution in [3.8, 4) is 10.6 Å². The van der Waals surface area contributed by atoms with E-state index in [1.54, 1.807) is 11.3 Å². The second-order valence-corrected chi connectivity index (χ2v) is 10.4. The van der Waals surface area contributed by atoms with Gasteiger partial charge < -0.3 is 10.6 Å². The van der Waals surface area contributed by atoms with Gasteiger partial charge >= 0.3 is 6.03 Å². The van der Waals surface area contributed by atoms with Crippen molar-refractivity contribution in [1.29, 1.82) is 0 Å². The maximum absolute atomic E-state index is 13.0. The molecule has 1 saturated carbocycles. The Hall–Kier alpha value is -3.26. The first-order chi connectivity index (χ1) is 16.4.